The molecule has 3 heteroatoms. The van der Waals surface area contributed by atoms with E-state index < -0.39 is 0 Å². The van der Waals surface area contributed by atoms with Gasteiger partial charge in [-0.25, -0.2) is 0 Å². The summed E-state index contributed by atoms with van der Waals surface area (Å²) in [6.45, 7) is 4.41. The number of rotatable bonds is 2. The van der Waals surface area contributed by atoms with Crippen LogP contribution >= 0.6 is 12.2 Å². The Morgan fingerprint density at radius 1 is 1.41 bits per heavy atom. The molecular weight excluding hydrogens is 230 g/mol. The minimum Gasteiger partial charge on any atom is -0.457 e. The van der Waals surface area contributed by atoms with Crippen molar-refractivity contribution in [2.24, 2.45) is 0 Å². The summed E-state index contributed by atoms with van der Waals surface area (Å²) in [7, 11) is 0. The van der Waals surface area contributed by atoms with E-state index in [9.17, 15) is 0 Å². The fourth-order valence-electron chi connectivity index (χ4n) is 3.10. The van der Waals surface area contributed by atoms with Crippen LogP contribution in [0.2, 0.25) is 0 Å². The number of likely N-dealkylation sites (tertiary alicyclic amines) is 1. The van der Waals surface area contributed by atoms with Crippen molar-refractivity contribution in [2.45, 2.75) is 31.9 Å². The maximum Gasteiger partial charge on any atom is 0.194 e. The van der Waals surface area contributed by atoms with Gasteiger partial charge in [0.1, 0.15) is 0 Å². The average Bonchev–Trinajstić information content (AvgIpc) is 2.86. The largest absolute Gasteiger partial charge is 0.457 e. The van der Waals surface area contributed by atoms with Crippen LogP contribution in [0.1, 0.15) is 37.3 Å². The van der Waals surface area contributed by atoms with E-state index in [4.69, 9.17) is 17.0 Å². The minimum absolute atomic E-state index is 0.246. The molecule has 90 valence electrons. The summed E-state index contributed by atoms with van der Waals surface area (Å²) < 4.78 is 6.10. The summed E-state index contributed by atoms with van der Waals surface area (Å²) in [5.41, 5.74) is 2.14. The summed E-state index contributed by atoms with van der Waals surface area (Å²) in [5, 5.41) is 0.670. The van der Waals surface area contributed by atoms with Crippen LogP contribution in [-0.4, -0.2) is 23.0 Å². The average molecular weight is 247 g/mol. The first-order valence-corrected chi connectivity index (χ1v) is 6.76. The molecule has 2 nitrogen and oxygen atoms in total. The van der Waals surface area contributed by atoms with Crippen LogP contribution in [0.3, 0.4) is 0 Å². The van der Waals surface area contributed by atoms with Crippen LogP contribution in [0, 0.1) is 0 Å². The zero-order valence-electron chi connectivity index (χ0n) is 10.1. The molecule has 2 heterocycles. The Kier molecular flexibility index (Phi) is 2.68. The second-order valence-electron chi connectivity index (χ2n) is 4.81. The summed E-state index contributed by atoms with van der Waals surface area (Å²) in [4.78, 5) is 2.45. The number of nitrogens with zero attached hydrogens (tertiary/aromatic N) is 1. The van der Waals surface area contributed by atoms with Crippen molar-refractivity contribution in [3.63, 3.8) is 0 Å². The van der Waals surface area contributed by atoms with Crippen molar-refractivity contribution < 1.29 is 4.74 Å². The van der Waals surface area contributed by atoms with Crippen LogP contribution < -0.4 is 0 Å². The Balaban J connectivity index is 2.07. The summed E-state index contributed by atoms with van der Waals surface area (Å²) in [5.74, 6) is 0. The Hall–Kier alpha value is -0.930. The highest BCUT2D eigenvalue weighted by atomic mass is 32.1. The van der Waals surface area contributed by atoms with Gasteiger partial charge in [-0.2, -0.15) is 0 Å². The Labute approximate surface area is 108 Å². The molecule has 0 saturated carbocycles. The summed E-state index contributed by atoms with van der Waals surface area (Å²) in [6, 6.07) is 8.37. The molecule has 0 amide bonds. The van der Waals surface area contributed by atoms with Gasteiger partial charge >= 0.3 is 0 Å². The van der Waals surface area contributed by atoms with Crippen molar-refractivity contribution in [2.75, 3.05) is 13.1 Å². The number of benzene rings is 1. The topological polar surface area (TPSA) is 12.5 Å². The summed E-state index contributed by atoms with van der Waals surface area (Å²) in [6.07, 6.45) is 3.40. The third kappa shape index (κ3) is 1.53. The monoisotopic (exact) mass is 247 g/mol. The van der Waals surface area contributed by atoms with E-state index in [0.717, 1.165) is 31.5 Å². The highest BCUT2D eigenvalue weighted by Crippen LogP contribution is 2.46. The van der Waals surface area contributed by atoms with Crippen LogP contribution in [-0.2, 0) is 10.5 Å². The molecular formula is C14H17NOS. The molecule has 2 aliphatic heterocycles. The zero-order chi connectivity index (χ0) is 11.9. The van der Waals surface area contributed by atoms with Crippen LogP contribution in [0.25, 0.3) is 0 Å². The lowest BCUT2D eigenvalue weighted by molar-refractivity contribution is -0.0609. The smallest absolute Gasteiger partial charge is 0.194 e. The molecule has 0 bridgehead atoms. The van der Waals surface area contributed by atoms with E-state index in [0.29, 0.717) is 5.05 Å². The van der Waals surface area contributed by atoms with Gasteiger partial charge < -0.3 is 4.74 Å². The van der Waals surface area contributed by atoms with Crippen molar-refractivity contribution in [3.8, 4) is 0 Å². The fourth-order valence-corrected chi connectivity index (χ4v) is 3.41. The van der Waals surface area contributed by atoms with Gasteiger partial charge in [-0.1, -0.05) is 25.1 Å². The lowest BCUT2D eigenvalue weighted by atomic mass is 9.97. The first kappa shape index (κ1) is 11.2. The van der Waals surface area contributed by atoms with E-state index in [1.165, 1.54) is 12.0 Å². The lowest BCUT2D eigenvalue weighted by Crippen LogP contribution is -2.41. The quantitative estimate of drug-likeness (QED) is 0.745. The van der Waals surface area contributed by atoms with E-state index in [1.54, 1.807) is 0 Å². The van der Waals surface area contributed by atoms with Gasteiger partial charge in [-0.05, 0) is 31.1 Å². The third-order valence-corrected chi connectivity index (χ3v) is 4.08. The molecule has 0 N–H and O–H groups in total. The van der Waals surface area contributed by atoms with Gasteiger partial charge in [-0.3, -0.25) is 4.90 Å². The van der Waals surface area contributed by atoms with Gasteiger partial charge in [0, 0.05) is 30.6 Å². The number of hydrogen-bond acceptors (Lipinski definition) is 3. The molecule has 1 saturated heterocycles. The zero-order valence-corrected chi connectivity index (χ0v) is 10.9. The van der Waals surface area contributed by atoms with Gasteiger partial charge in [0.25, 0.3) is 0 Å². The van der Waals surface area contributed by atoms with Crippen molar-refractivity contribution in [1.29, 1.82) is 0 Å². The molecule has 1 aromatic carbocycles. The van der Waals surface area contributed by atoms with Crippen LogP contribution in [0.4, 0.5) is 0 Å². The maximum absolute atomic E-state index is 6.10. The van der Waals surface area contributed by atoms with Crippen molar-refractivity contribution in [1.82, 2.24) is 4.90 Å². The standard InChI is InChI=1S/C14H17NOS/c1-2-9-15-10-5-8-14(15)12-7-4-3-6-11(12)13(17)16-14/h3-4,6-7H,2,5,8-10H2,1H3. The molecule has 0 radical (unpaired) electrons. The molecule has 1 aromatic rings. The molecule has 2 aliphatic rings. The van der Waals surface area contributed by atoms with E-state index >= 15 is 0 Å². The van der Waals surface area contributed by atoms with Crippen molar-refractivity contribution in [3.05, 3.63) is 35.4 Å². The highest BCUT2D eigenvalue weighted by Gasteiger charge is 2.50. The summed E-state index contributed by atoms with van der Waals surface area (Å²) >= 11 is 5.37. The number of ether oxygens (including phenoxy) is 1. The second-order valence-corrected chi connectivity index (χ2v) is 5.18. The molecule has 1 atom stereocenters. The maximum atomic E-state index is 6.10. The van der Waals surface area contributed by atoms with Gasteiger partial charge in [-0.15, -0.1) is 0 Å². The minimum atomic E-state index is -0.246. The van der Waals surface area contributed by atoms with Crippen LogP contribution in [0.15, 0.2) is 24.3 Å². The Morgan fingerprint density at radius 2 is 2.24 bits per heavy atom. The molecule has 17 heavy (non-hydrogen) atoms. The number of thiocarbonyl (C=S) groups is 1. The molecule has 1 fully saturated rings. The first-order chi connectivity index (χ1) is 8.28. The van der Waals surface area contributed by atoms with Crippen LogP contribution in [0.5, 0.6) is 0 Å². The normalized spacial score (nSPS) is 27.5. The molecule has 1 unspecified atom stereocenters. The van der Waals surface area contributed by atoms with Gasteiger partial charge in [0.05, 0.1) is 0 Å². The van der Waals surface area contributed by atoms with E-state index in [1.807, 2.05) is 6.07 Å². The van der Waals surface area contributed by atoms with E-state index in [-0.39, 0.29) is 5.72 Å². The predicted molar refractivity (Wildman–Crippen MR) is 72.0 cm³/mol. The Bertz CT molecular complexity index is 459. The fraction of sp³-hybridized carbons (Fsp3) is 0.500. The lowest BCUT2D eigenvalue weighted by Gasteiger charge is -2.34. The van der Waals surface area contributed by atoms with Gasteiger partial charge in [0.2, 0.25) is 0 Å². The molecule has 1 spiro atoms. The number of fused-ring (bicyclic) bond motifs is 2. The van der Waals surface area contributed by atoms with E-state index in [2.05, 4.69) is 30.0 Å². The molecule has 0 aromatic heterocycles. The first-order valence-electron chi connectivity index (χ1n) is 6.36. The predicted octanol–water partition coefficient (Wildman–Crippen LogP) is 3.05. The van der Waals surface area contributed by atoms with Crippen molar-refractivity contribution >= 4 is 17.3 Å². The molecule has 0 aliphatic carbocycles. The van der Waals surface area contributed by atoms with Gasteiger partial charge in [0.15, 0.2) is 10.8 Å². The number of hydrogen-bond donors (Lipinski definition) is 0. The highest BCUT2D eigenvalue weighted by molar-refractivity contribution is 7.80. The second kappa shape index (κ2) is 4.07. The molecule has 3 rings (SSSR count). The third-order valence-electron chi connectivity index (χ3n) is 3.78. The Morgan fingerprint density at radius 3 is 3.06 bits per heavy atom. The SMILES string of the molecule is CCCN1CCCC12OC(=S)c1ccccc12.